The fourth-order valence-electron chi connectivity index (χ4n) is 1.40. The summed E-state index contributed by atoms with van der Waals surface area (Å²) in [5, 5.41) is 11.1. The van der Waals surface area contributed by atoms with Crippen LogP contribution in [0.4, 0.5) is 13.2 Å². The molecule has 106 valence electrons. The molecule has 0 aliphatic rings. The number of nitrogens with one attached hydrogen (secondary N) is 1. The van der Waals surface area contributed by atoms with Gasteiger partial charge in [-0.05, 0) is 31.4 Å². The van der Waals surface area contributed by atoms with Crippen LogP contribution < -0.4 is 5.32 Å². The third-order valence-electron chi connectivity index (χ3n) is 2.44. The average molecular weight is 276 g/mol. The Labute approximate surface area is 108 Å². The minimum Gasteiger partial charge on any atom is -0.396 e. The van der Waals surface area contributed by atoms with Gasteiger partial charge in [0.1, 0.15) is 5.69 Å². The number of pyridine rings is 1. The van der Waals surface area contributed by atoms with Gasteiger partial charge in [-0.1, -0.05) is 0 Å². The van der Waals surface area contributed by atoms with E-state index in [1.54, 1.807) is 0 Å². The second-order valence-corrected chi connectivity index (χ2v) is 3.97. The summed E-state index contributed by atoms with van der Waals surface area (Å²) in [5.41, 5.74) is -0.929. The van der Waals surface area contributed by atoms with Crippen LogP contribution in [-0.2, 0) is 6.18 Å². The van der Waals surface area contributed by atoms with Crippen molar-refractivity contribution in [3.05, 3.63) is 29.6 Å². The highest BCUT2D eigenvalue weighted by atomic mass is 19.4. The molecule has 0 aliphatic carbocycles. The van der Waals surface area contributed by atoms with Gasteiger partial charge in [-0.25, -0.2) is 0 Å². The normalized spacial score (nSPS) is 11.4. The fourth-order valence-corrected chi connectivity index (χ4v) is 1.40. The van der Waals surface area contributed by atoms with Crippen molar-refractivity contribution in [1.29, 1.82) is 0 Å². The molecule has 0 saturated heterocycles. The second kappa shape index (κ2) is 7.08. The van der Waals surface area contributed by atoms with Crippen molar-refractivity contribution >= 4 is 5.91 Å². The van der Waals surface area contributed by atoms with Crippen LogP contribution in [0.3, 0.4) is 0 Å². The van der Waals surface area contributed by atoms with Gasteiger partial charge in [-0.3, -0.25) is 9.78 Å². The standard InChI is InChI=1S/C12H15F3N2O2/c13-12(14,15)9-4-5-10(17-8-9)11(19)16-6-2-1-3-7-18/h4-5,8,18H,1-3,6-7H2,(H,16,19). The van der Waals surface area contributed by atoms with E-state index in [1.165, 1.54) is 0 Å². The summed E-state index contributed by atoms with van der Waals surface area (Å²) in [6, 6.07) is 1.87. The van der Waals surface area contributed by atoms with E-state index >= 15 is 0 Å². The van der Waals surface area contributed by atoms with Crippen LogP contribution in [0, 0.1) is 0 Å². The first kappa shape index (κ1) is 15.4. The smallest absolute Gasteiger partial charge is 0.396 e. The molecule has 1 amide bonds. The number of amides is 1. The molecule has 0 unspecified atom stereocenters. The van der Waals surface area contributed by atoms with Gasteiger partial charge in [0.25, 0.3) is 5.91 Å². The van der Waals surface area contributed by atoms with E-state index in [9.17, 15) is 18.0 Å². The van der Waals surface area contributed by atoms with Crippen LogP contribution >= 0.6 is 0 Å². The number of halogens is 3. The van der Waals surface area contributed by atoms with Crippen molar-refractivity contribution in [3.63, 3.8) is 0 Å². The van der Waals surface area contributed by atoms with E-state index in [0.29, 0.717) is 25.6 Å². The Morgan fingerprint density at radius 3 is 2.53 bits per heavy atom. The van der Waals surface area contributed by atoms with Crippen molar-refractivity contribution < 1.29 is 23.1 Å². The summed E-state index contributed by atoms with van der Waals surface area (Å²) in [6.07, 6.45) is -1.68. The first-order valence-corrected chi connectivity index (χ1v) is 5.87. The van der Waals surface area contributed by atoms with Crippen molar-refractivity contribution in [1.82, 2.24) is 10.3 Å². The number of nitrogens with zero attached hydrogens (tertiary/aromatic N) is 1. The predicted molar refractivity (Wildman–Crippen MR) is 62.5 cm³/mol. The number of aromatic nitrogens is 1. The highest BCUT2D eigenvalue weighted by molar-refractivity contribution is 5.92. The summed E-state index contributed by atoms with van der Waals surface area (Å²) >= 11 is 0. The molecule has 4 nitrogen and oxygen atoms in total. The molecule has 0 atom stereocenters. The van der Waals surface area contributed by atoms with Gasteiger partial charge >= 0.3 is 6.18 Å². The van der Waals surface area contributed by atoms with Crippen LogP contribution in [0.2, 0.25) is 0 Å². The number of unbranched alkanes of at least 4 members (excludes halogenated alkanes) is 2. The molecule has 7 heteroatoms. The number of rotatable bonds is 6. The third-order valence-corrected chi connectivity index (χ3v) is 2.44. The molecular formula is C12H15F3N2O2. The van der Waals surface area contributed by atoms with Crippen molar-refractivity contribution in [3.8, 4) is 0 Å². The maximum Gasteiger partial charge on any atom is 0.417 e. The molecule has 0 fully saturated rings. The monoisotopic (exact) mass is 276 g/mol. The zero-order valence-electron chi connectivity index (χ0n) is 10.2. The van der Waals surface area contributed by atoms with E-state index < -0.39 is 17.6 Å². The van der Waals surface area contributed by atoms with Gasteiger partial charge in [-0.15, -0.1) is 0 Å². The molecule has 0 spiro atoms. The van der Waals surface area contributed by atoms with E-state index in [2.05, 4.69) is 10.3 Å². The largest absolute Gasteiger partial charge is 0.417 e. The van der Waals surface area contributed by atoms with Crippen molar-refractivity contribution in [2.75, 3.05) is 13.2 Å². The first-order valence-electron chi connectivity index (χ1n) is 5.87. The molecule has 1 aromatic heterocycles. The molecule has 0 bridgehead atoms. The highest BCUT2D eigenvalue weighted by Crippen LogP contribution is 2.28. The molecule has 1 heterocycles. The molecule has 0 radical (unpaired) electrons. The molecule has 1 aromatic rings. The zero-order chi connectivity index (χ0) is 14.3. The topological polar surface area (TPSA) is 62.2 Å². The summed E-state index contributed by atoms with van der Waals surface area (Å²) in [4.78, 5) is 15.0. The van der Waals surface area contributed by atoms with Crippen LogP contribution in [0.1, 0.15) is 35.3 Å². The van der Waals surface area contributed by atoms with Gasteiger partial charge in [0.15, 0.2) is 0 Å². The highest BCUT2D eigenvalue weighted by Gasteiger charge is 2.30. The van der Waals surface area contributed by atoms with Crippen LogP contribution in [0.25, 0.3) is 0 Å². The average Bonchev–Trinajstić information content (AvgIpc) is 2.37. The maximum atomic E-state index is 12.3. The minimum absolute atomic E-state index is 0.0461. The quantitative estimate of drug-likeness (QED) is 0.781. The zero-order valence-corrected chi connectivity index (χ0v) is 10.2. The maximum absolute atomic E-state index is 12.3. The third kappa shape index (κ3) is 5.25. The SMILES string of the molecule is O=C(NCCCCCO)c1ccc(C(F)(F)F)cn1. The van der Waals surface area contributed by atoms with E-state index in [-0.39, 0.29) is 12.3 Å². The molecule has 1 rings (SSSR count). The van der Waals surface area contributed by atoms with Crippen molar-refractivity contribution in [2.24, 2.45) is 0 Å². The lowest BCUT2D eigenvalue weighted by Gasteiger charge is -2.07. The fraction of sp³-hybridized carbons (Fsp3) is 0.500. The second-order valence-electron chi connectivity index (χ2n) is 3.97. The number of carbonyl (C=O) groups is 1. The van der Waals surface area contributed by atoms with Crippen LogP contribution in [0.15, 0.2) is 18.3 Å². The van der Waals surface area contributed by atoms with Gasteiger partial charge in [0, 0.05) is 19.3 Å². The minimum atomic E-state index is -4.45. The number of hydrogen-bond donors (Lipinski definition) is 2. The molecule has 2 N–H and O–H groups in total. The molecule has 0 aromatic carbocycles. The van der Waals surface area contributed by atoms with E-state index in [4.69, 9.17) is 5.11 Å². The lowest BCUT2D eigenvalue weighted by Crippen LogP contribution is -2.25. The lowest BCUT2D eigenvalue weighted by atomic mass is 10.2. The Morgan fingerprint density at radius 1 is 1.26 bits per heavy atom. The van der Waals surface area contributed by atoms with Crippen molar-refractivity contribution in [2.45, 2.75) is 25.4 Å². The summed E-state index contributed by atoms with van der Waals surface area (Å²) < 4.78 is 36.8. The Kier molecular flexibility index (Phi) is 5.75. The van der Waals surface area contributed by atoms with E-state index in [0.717, 1.165) is 18.6 Å². The van der Waals surface area contributed by atoms with Gasteiger partial charge in [-0.2, -0.15) is 13.2 Å². The molecule has 0 aliphatic heterocycles. The van der Waals surface area contributed by atoms with E-state index in [1.807, 2.05) is 0 Å². The van der Waals surface area contributed by atoms with Gasteiger partial charge in [0.2, 0.25) is 0 Å². The van der Waals surface area contributed by atoms with Gasteiger partial charge in [0.05, 0.1) is 5.56 Å². The Morgan fingerprint density at radius 2 is 2.00 bits per heavy atom. The molecular weight excluding hydrogens is 261 g/mol. The number of carbonyl (C=O) groups excluding carboxylic acids is 1. The Balaban J connectivity index is 2.45. The number of aliphatic hydroxyl groups is 1. The predicted octanol–water partition coefficient (Wildman–Crippen LogP) is 1.99. The summed E-state index contributed by atoms with van der Waals surface area (Å²) in [6.45, 7) is 0.510. The first-order chi connectivity index (χ1) is 8.95. The Bertz CT molecular complexity index is 404. The lowest BCUT2D eigenvalue weighted by molar-refractivity contribution is -0.137. The number of hydrogen-bond acceptors (Lipinski definition) is 3. The molecule has 0 saturated carbocycles. The van der Waals surface area contributed by atoms with Crippen LogP contribution in [0.5, 0.6) is 0 Å². The number of aliphatic hydroxyl groups excluding tert-OH is 1. The summed E-state index contributed by atoms with van der Waals surface area (Å²) in [7, 11) is 0. The molecule has 19 heavy (non-hydrogen) atoms. The number of alkyl halides is 3. The van der Waals surface area contributed by atoms with Crippen LogP contribution in [-0.4, -0.2) is 29.1 Å². The van der Waals surface area contributed by atoms with Gasteiger partial charge < -0.3 is 10.4 Å². The Hall–Kier alpha value is -1.63. The summed E-state index contributed by atoms with van der Waals surface area (Å²) in [5.74, 6) is -0.502.